The number of aliphatic carboxylic acids is 1. The second-order valence-corrected chi connectivity index (χ2v) is 5.45. The monoisotopic (exact) mass is 326 g/mol. The predicted octanol–water partition coefficient (Wildman–Crippen LogP) is 4.24. The van der Waals surface area contributed by atoms with Crippen LogP contribution < -0.4 is 0 Å². The summed E-state index contributed by atoms with van der Waals surface area (Å²) in [5.41, 5.74) is 1.29. The molecule has 0 aliphatic heterocycles. The van der Waals surface area contributed by atoms with E-state index in [1.165, 1.54) is 12.0 Å². The van der Waals surface area contributed by atoms with Gasteiger partial charge in [0.25, 0.3) is 0 Å². The molecule has 114 valence electrons. The number of carboxylic acids is 1. The first-order chi connectivity index (χ1) is 9.77. The van der Waals surface area contributed by atoms with Gasteiger partial charge in [0, 0.05) is 0 Å². The fourth-order valence-electron chi connectivity index (χ4n) is 2.95. The molecule has 0 aromatic heterocycles. The van der Waals surface area contributed by atoms with Gasteiger partial charge in [-0.1, -0.05) is 25.7 Å². The van der Waals surface area contributed by atoms with Gasteiger partial charge in [-0.2, -0.15) is 35.9 Å². The van der Waals surface area contributed by atoms with Gasteiger partial charge in [-0.3, -0.25) is 4.79 Å². The molecule has 1 fully saturated rings. The Morgan fingerprint density at radius 2 is 1.71 bits per heavy atom. The molecule has 0 unspecified atom stereocenters. The number of hydrogen-bond donors (Lipinski definition) is 1. The van der Waals surface area contributed by atoms with E-state index in [0.717, 1.165) is 25.7 Å². The van der Waals surface area contributed by atoms with Gasteiger partial charge >= 0.3 is 23.0 Å². The number of carbonyl (C=O) groups is 1. The Morgan fingerprint density at radius 1 is 1.10 bits per heavy atom. The zero-order valence-corrected chi connectivity index (χ0v) is 13.2. The quantitative estimate of drug-likeness (QED) is 0.676. The van der Waals surface area contributed by atoms with Gasteiger partial charge in [0.05, 0.1) is 5.92 Å². The Hall–Kier alpha value is -1.31. The SMILES string of the molecule is O=C(O)[C@@H]1CCCC[C@H]1C[c-]1cccc1.[Fe+2].c1cc[cH-]c1. The molecule has 0 heterocycles. The maximum Gasteiger partial charge on any atom is 2.00 e. The number of carboxylic acid groups (broad SMARTS) is 1. The van der Waals surface area contributed by atoms with Crippen molar-refractivity contribution in [1.29, 1.82) is 0 Å². The number of rotatable bonds is 3. The molecule has 2 aromatic carbocycles. The molecule has 2 aromatic rings. The van der Waals surface area contributed by atoms with Gasteiger partial charge < -0.3 is 5.11 Å². The van der Waals surface area contributed by atoms with Crippen LogP contribution in [0.3, 0.4) is 0 Å². The number of hydrogen-bond acceptors (Lipinski definition) is 1. The van der Waals surface area contributed by atoms with E-state index in [1.54, 1.807) is 0 Å². The third-order valence-corrected chi connectivity index (χ3v) is 4.01. The normalized spacial score (nSPS) is 20.8. The minimum Gasteiger partial charge on any atom is -0.481 e. The molecule has 2 atom stereocenters. The third kappa shape index (κ3) is 5.91. The predicted molar refractivity (Wildman–Crippen MR) is 80.9 cm³/mol. The van der Waals surface area contributed by atoms with Crippen LogP contribution in [0, 0.1) is 11.8 Å². The summed E-state index contributed by atoms with van der Waals surface area (Å²) in [6.45, 7) is 0. The van der Waals surface area contributed by atoms with Gasteiger partial charge in [-0.15, -0.1) is 0 Å². The van der Waals surface area contributed by atoms with Crippen LogP contribution in [0.5, 0.6) is 0 Å². The van der Waals surface area contributed by atoms with Crippen molar-refractivity contribution in [2.24, 2.45) is 11.8 Å². The maximum absolute atomic E-state index is 11.1. The Labute approximate surface area is 137 Å². The summed E-state index contributed by atoms with van der Waals surface area (Å²) in [6.07, 6.45) is 5.14. The van der Waals surface area contributed by atoms with E-state index in [2.05, 4.69) is 12.1 Å². The largest absolute Gasteiger partial charge is 2.00 e. The standard InChI is InChI=1S/C13H17O2.C5H5.Fe/c14-13(15)12-8-4-3-7-11(12)9-10-5-1-2-6-10;1-2-4-5-3-1;/h1-2,5-6,11-12H,3-4,7-9H2,(H,14,15);1-5H;/q2*-1;+2/t11-,12+;;/m0../s1. The van der Waals surface area contributed by atoms with Crippen LogP contribution in [0.25, 0.3) is 0 Å². The van der Waals surface area contributed by atoms with Crippen LogP contribution in [-0.4, -0.2) is 11.1 Å². The van der Waals surface area contributed by atoms with E-state index in [-0.39, 0.29) is 23.0 Å². The summed E-state index contributed by atoms with van der Waals surface area (Å²) in [5.74, 6) is -0.376. The van der Waals surface area contributed by atoms with Gasteiger partial charge in [0.15, 0.2) is 0 Å². The van der Waals surface area contributed by atoms with E-state index in [1.807, 2.05) is 42.5 Å². The Morgan fingerprint density at radius 3 is 2.24 bits per heavy atom. The van der Waals surface area contributed by atoms with Gasteiger partial charge in [0.1, 0.15) is 0 Å². The molecule has 1 N–H and O–H groups in total. The molecule has 1 aliphatic rings. The summed E-state index contributed by atoms with van der Waals surface area (Å²) in [5, 5.41) is 9.14. The molecular formula is C18H22FeO2. The Balaban J connectivity index is 0.000000313. The van der Waals surface area contributed by atoms with E-state index < -0.39 is 5.97 Å². The average molecular weight is 326 g/mol. The molecule has 1 aliphatic carbocycles. The molecule has 0 spiro atoms. The molecule has 21 heavy (non-hydrogen) atoms. The second kappa shape index (κ2) is 9.59. The summed E-state index contributed by atoms with van der Waals surface area (Å²) < 4.78 is 0. The molecule has 0 bridgehead atoms. The molecule has 2 nitrogen and oxygen atoms in total. The minimum absolute atomic E-state index is 0. The summed E-state index contributed by atoms with van der Waals surface area (Å²) in [7, 11) is 0. The first kappa shape index (κ1) is 17.7. The van der Waals surface area contributed by atoms with Gasteiger partial charge in [0.2, 0.25) is 0 Å². The van der Waals surface area contributed by atoms with Crippen molar-refractivity contribution < 1.29 is 27.0 Å². The van der Waals surface area contributed by atoms with Crippen LogP contribution in [0.15, 0.2) is 54.6 Å². The van der Waals surface area contributed by atoms with Crippen LogP contribution >= 0.6 is 0 Å². The molecule has 3 heteroatoms. The van der Waals surface area contributed by atoms with Gasteiger partial charge in [-0.25, -0.2) is 24.3 Å². The van der Waals surface area contributed by atoms with Crippen LogP contribution in [-0.2, 0) is 28.3 Å². The Bertz CT molecular complexity index is 456. The van der Waals surface area contributed by atoms with E-state index >= 15 is 0 Å². The molecule has 0 radical (unpaired) electrons. The van der Waals surface area contributed by atoms with Crippen molar-refractivity contribution in [3.63, 3.8) is 0 Å². The van der Waals surface area contributed by atoms with Crippen molar-refractivity contribution in [3.8, 4) is 0 Å². The minimum atomic E-state index is -0.605. The van der Waals surface area contributed by atoms with E-state index in [9.17, 15) is 4.79 Å². The van der Waals surface area contributed by atoms with Crippen molar-refractivity contribution in [2.45, 2.75) is 32.1 Å². The average Bonchev–Trinajstić information content (AvgIpc) is 3.15. The summed E-state index contributed by atoms with van der Waals surface area (Å²) in [6, 6.07) is 18.2. The smallest absolute Gasteiger partial charge is 0.481 e. The third-order valence-electron chi connectivity index (χ3n) is 4.01. The van der Waals surface area contributed by atoms with Crippen LogP contribution in [0.2, 0.25) is 0 Å². The topological polar surface area (TPSA) is 37.3 Å². The second-order valence-electron chi connectivity index (χ2n) is 5.45. The van der Waals surface area contributed by atoms with Gasteiger partial charge in [-0.05, 0) is 12.3 Å². The van der Waals surface area contributed by atoms with E-state index in [4.69, 9.17) is 5.11 Å². The fourth-order valence-corrected chi connectivity index (χ4v) is 2.95. The van der Waals surface area contributed by atoms with Crippen molar-refractivity contribution in [3.05, 3.63) is 60.2 Å². The molecule has 0 saturated heterocycles. The first-order valence-corrected chi connectivity index (χ1v) is 7.37. The zero-order valence-electron chi connectivity index (χ0n) is 12.1. The Kier molecular flexibility index (Phi) is 8.10. The molecule has 3 rings (SSSR count). The zero-order chi connectivity index (χ0) is 14.2. The van der Waals surface area contributed by atoms with Crippen molar-refractivity contribution in [2.75, 3.05) is 0 Å². The fraction of sp³-hybridized carbons (Fsp3) is 0.389. The van der Waals surface area contributed by atoms with Crippen LogP contribution in [0.1, 0.15) is 31.2 Å². The van der Waals surface area contributed by atoms with E-state index in [0.29, 0.717) is 5.92 Å². The summed E-state index contributed by atoms with van der Waals surface area (Å²) >= 11 is 0. The molecular weight excluding hydrogens is 304 g/mol. The summed E-state index contributed by atoms with van der Waals surface area (Å²) in [4.78, 5) is 11.1. The molecule has 0 amide bonds. The van der Waals surface area contributed by atoms with Crippen molar-refractivity contribution >= 4 is 5.97 Å². The maximum atomic E-state index is 11.1. The van der Waals surface area contributed by atoms with Crippen molar-refractivity contribution in [1.82, 2.24) is 0 Å². The molecule has 1 saturated carbocycles. The van der Waals surface area contributed by atoms with Crippen LogP contribution in [0.4, 0.5) is 0 Å². The first-order valence-electron chi connectivity index (χ1n) is 7.37.